The van der Waals surface area contributed by atoms with Crippen LogP contribution in [-0.4, -0.2) is 37.8 Å². The Labute approximate surface area is 120 Å². The lowest BCUT2D eigenvalue weighted by molar-refractivity contribution is -0.139. The third-order valence-electron chi connectivity index (χ3n) is 2.49. The van der Waals surface area contributed by atoms with Crippen LogP contribution in [0.2, 0.25) is 5.02 Å². The van der Waals surface area contributed by atoms with Gasteiger partial charge in [-0.3, -0.25) is 9.52 Å². The molecule has 7 nitrogen and oxygen atoms in total. The zero-order valence-corrected chi connectivity index (χ0v) is 12.2. The van der Waals surface area contributed by atoms with Gasteiger partial charge in [0.1, 0.15) is 0 Å². The lowest BCUT2D eigenvalue weighted by atomic mass is 10.2. The molecular weight excluding hydrogens is 310 g/mol. The van der Waals surface area contributed by atoms with Crippen LogP contribution < -0.4 is 4.72 Å². The van der Waals surface area contributed by atoms with Gasteiger partial charge in [-0.1, -0.05) is 17.7 Å². The first-order valence-electron chi connectivity index (χ1n) is 5.32. The summed E-state index contributed by atoms with van der Waals surface area (Å²) in [5.74, 6) is -2.32. The van der Waals surface area contributed by atoms with E-state index in [2.05, 4.69) is 4.74 Å². The highest BCUT2D eigenvalue weighted by atomic mass is 35.5. The van der Waals surface area contributed by atoms with Crippen LogP contribution in [-0.2, 0) is 19.6 Å². The number of para-hydroxylation sites is 1. The molecule has 0 fully saturated rings. The molecule has 0 aliphatic heterocycles. The number of nitrogens with one attached hydrogen (secondary N) is 1. The van der Waals surface area contributed by atoms with Crippen molar-refractivity contribution >= 4 is 39.3 Å². The molecule has 1 aromatic carbocycles. The smallest absolute Gasteiger partial charge is 0.337 e. The molecule has 0 saturated carbocycles. The van der Waals surface area contributed by atoms with Crippen LogP contribution in [0.1, 0.15) is 17.3 Å². The Hall–Kier alpha value is -1.80. The zero-order valence-electron chi connectivity index (χ0n) is 10.6. The SMILES string of the molecule is COC(=O)C(C)S(=O)(=O)Nc1c(Cl)cccc1C(=O)O. The summed E-state index contributed by atoms with van der Waals surface area (Å²) in [4.78, 5) is 22.3. The van der Waals surface area contributed by atoms with Gasteiger partial charge in [0.15, 0.2) is 5.25 Å². The number of carbonyl (C=O) groups is 2. The van der Waals surface area contributed by atoms with E-state index >= 15 is 0 Å². The van der Waals surface area contributed by atoms with Gasteiger partial charge in [-0.2, -0.15) is 0 Å². The van der Waals surface area contributed by atoms with Crippen molar-refractivity contribution in [2.45, 2.75) is 12.2 Å². The van der Waals surface area contributed by atoms with Crippen molar-refractivity contribution in [3.05, 3.63) is 28.8 Å². The van der Waals surface area contributed by atoms with Gasteiger partial charge in [-0.25, -0.2) is 13.2 Å². The number of rotatable bonds is 5. The van der Waals surface area contributed by atoms with E-state index < -0.39 is 27.2 Å². The van der Waals surface area contributed by atoms with Crippen LogP contribution in [0.4, 0.5) is 5.69 Å². The van der Waals surface area contributed by atoms with Crippen LogP contribution >= 0.6 is 11.6 Å². The van der Waals surface area contributed by atoms with E-state index in [-0.39, 0.29) is 16.3 Å². The minimum atomic E-state index is -4.18. The molecule has 1 atom stereocenters. The van der Waals surface area contributed by atoms with E-state index in [0.717, 1.165) is 14.0 Å². The molecule has 0 spiro atoms. The highest BCUT2D eigenvalue weighted by Gasteiger charge is 2.30. The molecule has 110 valence electrons. The first kappa shape index (κ1) is 16.3. The second kappa shape index (κ2) is 6.10. The summed E-state index contributed by atoms with van der Waals surface area (Å²) in [6.45, 7) is 1.12. The average molecular weight is 322 g/mol. The van der Waals surface area contributed by atoms with Gasteiger partial charge in [0, 0.05) is 0 Å². The van der Waals surface area contributed by atoms with Gasteiger partial charge in [-0.15, -0.1) is 0 Å². The van der Waals surface area contributed by atoms with Crippen molar-refractivity contribution in [3.63, 3.8) is 0 Å². The Morgan fingerprint density at radius 2 is 2.00 bits per heavy atom. The molecule has 0 aliphatic carbocycles. The molecule has 1 rings (SSSR count). The number of hydrogen-bond acceptors (Lipinski definition) is 5. The summed E-state index contributed by atoms with van der Waals surface area (Å²) in [6.07, 6.45) is 0. The Morgan fingerprint density at radius 3 is 2.50 bits per heavy atom. The van der Waals surface area contributed by atoms with Gasteiger partial charge >= 0.3 is 11.9 Å². The van der Waals surface area contributed by atoms with Crippen molar-refractivity contribution in [1.29, 1.82) is 0 Å². The second-order valence-electron chi connectivity index (χ2n) is 3.78. The molecule has 9 heteroatoms. The summed E-state index contributed by atoms with van der Waals surface area (Å²) < 4.78 is 30.3. The lowest BCUT2D eigenvalue weighted by Gasteiger charge is -2.15. The van der Waals surface area contributed by atoms with Crippen molar-refractivity contribution in [2.24, 2.45) is 0 Å². The fraction of sp³-hybridized carbons (Fsp3) is 0.273. The quantitative estimate of drug-likeness (QED) is 0.792. The zero-order chi connectivity index (χ0) is 15.5. The number of benzene rings is 1. The second-order valence-corrected chi connectivity index (χ2v) is 6.19. The third-order valence-corrected chi connectivity index (χ3v) is 4.41. The van der Waals surface area contributed by atoms with E-state index in [0.29, 0.717) is 0 Å². The van der Waals surface area contributed by atoms with Gasteiger partial charge < -0.3 is 9.84 Å². The minimum Gasteiger partial charge on any atom is -0.478 e. The van der Waals surface area contributed by atoms with Crippen molar-refractivity contribution in [3.8, 4) is 0 Å². The van der Waals surface area contributed by atoms with E-state index in [4.69, 9.17) is 16.7 Å². The third kappa shape index (κ3) is 3.40. The van der Waals surface area contributed by atoms with Crippen molar-refractivity contribution in [1.82, 2.24) is 0 Å². The first-order chi connectivity index (χ1) is 9.20. The topological polar surface area (TPSA) is 110 Å². The minimum absolute atomic E-state index is 0.0921. The number of anilines is 1. The van der Waals surface area contributed by atoms with E-state index in [9.17, 15) is 18.0 Å². The van der Waals surface area contributed by atoms with Crippen LogP contribution in [0.5, 0.6) is 0 Å². The molecule has 0 saturated heterocycles. The Bertz CT molecular complexity index is 642. The standard InChI is InChI=1S/C11H12ClNO6S/c1-6(11(16)19-2)20(17,18)13-9-7(10(14)15)4-3-5-8(9)12/h3-6,13H,1-2H3,(H,14,15). The molecule has 1 aromatic rings. The summed E-state index contributed by atoms with van der Waals surface area (Å²) in [6, 6.07) is 3.89. The number of halogens is 1. The fourth-order valence-corrected chi connectivity index (χ4v) is 2.64. The molecule has 0 bridgehead atoms. The van der Waals surface area contributed by atoms with Crippen molar-refractivity contribution in [2.75, 3.05) is 11.8 Å². The van der Waals surface area contributed by atoms with Crippen LogP contribution in [0.25, 0.3) is 0 Å². The van der Waals surface area contributed by atoms with E-state index in [1.165, 1.54) is 18.2 Å². The Balaban J connectivity index is 3.23. The van der Waals surface area contributed by atoms with Gasteiger partial charge in [0.05, 0.1) is 23.4 Å². The average Bonchev–Trinajstić information content (AvgIpc) is 2.38. The number of aromatic carboxylic acids is 1. The number of ether oxygens (including phenoxy) is 1. The maximum atomic E-state index is 12.0. The summed E-state index contributed by atoms with van der Waals surface area (Å²) in [5.41, 5.74) is -0.615. The van der Waals surface area contributed by atoms with Crippen molar-refractivity contribution < 1.29 is 27.9 Å². The molecule has 0 amide bonds. The molecule has 2 N–H and O–H groups in total. The normalized spacial score (nSPS) is 12.6. The molecule has 1 unspecified atom stereocenters. The summed E-state index contributed by atoms with van der Waals surface area (Å²) >= 11 is 5.79. The molecule has 0 aromatic heterocycles. The number of sulfonamides is 1. The monoisotopic (exact) mass is 321 g/mol. The Morgan fingerprint density at radius 1 is 1.40 bits per heavy atom. The van der Waals surface area contributed by atoms with E-state index in [1.807, 2.05) is 4.72 Å². The number of methoxy groups -OCH3 is 1. The maximum Gasteiger partial charge on any atom is 0.337 e. The predicted molar refractivity (Wildman–Crippen MR) is 72.4 cm³/mol. The van der Waals surface area contributed by atoms with Crippen LogP contribution in [0.15, 0.2) is 18.2 Å². The molecule has 20 heavy (non-hydrogen) atoms. The van der Waals surface area contributed by atoms with Crippen LogP contribution in [0.3, 0.4) is 0 Å². The maximum absolute atomic E-state index is 12.0. The number of hydrogen-bond donors (Lipinski definition) is 2. The number of esters is 1. The number of carbonyl (C=O) groups excluding carboxylic acids is 1. The largest absolute Gasteiger partial charge is 0.478 e. The lowest BCUT2D eigenvalue weighted by Crippen LogP contribution is -2.33. The molecule has 0 radical (unpaired) electrons. The molecule has 0 heterocycles. The highest BCUT2D eigenvalue weighted by molar-refractivity contribution is 7.94. The summed E-state index contributed by atoms with van der Waals surface area (Å²) in [7, 11) is -3.13. The fourth-order valence-electron chi connectivity index (χ4n) is 1.33. The van der Waals surface area contributed by atoms with Crippen LogP contribution in [0, 0.1) is 0 Å². The van der Waals surface area contributed by atoms with E-state index in [1.54, 1.807) is 0 Å². The predicted octanol–water partition coefficient (Wildman–Crippen LogP) is 1.34. The Kier molecular flexibility index (Phi) is 4.96. The molecule has 0 aliphatic rings. The van der Waals surface area contributed by atoms with Gasteiger partial charge in [-0.05, 0) is 19.1 Å². The highest BCUT2D eigenvalue weighted by Crippen LogP contribution is 2.27. The van der Waals surface area contributed by atoms with Gasteiger partial charge in [0.2, 0.25) is 10.0 Å². The van der Waals surface area contributed by atoms with Gasteiger partial charge in [0.25, 0.3) is 0 Å². The molecular formula is C11H12ClNO6S. The summed E-state index contributed by atoms with van der Waals surface area (Å²) in [5, 5.41) is 7.39. The number of carboxylic acids is 1. The number of carboxylic acid groups (broad SMARTS) is 1. The first-order valence-corrected chi connectivity index (χ1v) is 7.24.